The van der Waals surface area contributed by atoms with E-state index in [0.29, 0.717) is 11.4 Å². The van der Waals surface area contributed by atoms with Crippen LogP contribution in [0.2, 0.25) is 0 Å². The van der Waals surface area contributed by atoms with Gasteiger partial charge in [0.2, 0.25) is 5.91 Å². The van der Waals surface area contributed by atoms with Gasteiger partial charge in [-0.25, -0.2) is 9.97 Å². The Hall–Kier alpha value is -2.28. The molecule has 1 aromatic heterocycles. The van der Waals surface area contributed by atoms with E-state index >= 15 is 0 Å². The quantitative estimate of drug-likeness (QED) is 0.783. The number of hydrogen-bond acceptors (Lipinski definition) is 6. The zero-order valence-corrected chi connectivity index (χ0v) is 16.0. The van der Waals surface area contributed by atoms with Crippen LogP contribution in [0.3, 0.4) is 0 Å². The summed E-state index contributed by atoms with van der Waals surface area (Å²) in [6, 6.07) is 5.71. The van der Waals surface area contributed by atoms with E-state index in [2.05, 4.69) is 20.2 Å². The molecule has 7 heteroatoms. The number of aryl methyl sites for hydroxylation is 1. The lowest BCUT2D eigenvalue weighted by Crippen LogP contribution is -2.30. The fourth-order valence-electron chi connectivity index (χ4n) is 2.98. The Morgan fingerprint density at radius 1 is 1.23 bits per heavy atom. The van der Waals surface area contributed by atoms with Gasteiger partial charge in [0, 0.05) is 25.5 Å². The van der Waals surface area contributed by atoms with Gasteiger partial charge in [-0.05, 0) is 43.9 Å². The first-order valence-electron chi connectivity index (χ1n) is 8.80. The van der Waals surface area contributed by atoms with Crippen molar-refractivity contribution in [1.29, 1.82) is 0 Å². The van der Waals surface area contributed by atoms with Crippen LogP contribution in [0.1, 0.15) is 24.8 Å². The number of nitrogens with one attached hydrogen (secondary N) is 1. The molecule has 6 nitrogen and oxygen atoms in total. The number of hydrogen-bond donors (Lipinski definition) is 1. The van der Waals surface area contributed by atoms with Crippen LogP contribution in [0.15, 0.2) is 35.6 Å². The molecule has 1 N–H and O–H groups in total. The molecule has 0 saturated carbocycles. The SMILES string of the molecule is COc1ccc(C)cc1NC(=O)CSc1nccnc1N1CCCCC1. The summed E-state index contributed by atoms with van der Waals surface area (Å²) in [6.45, 7) is 3.98. The number of thioether (sulfide) groups is 1. The van der Waals surface area contributed by atoms with E-state index in [-0.39, 0.29) is 11.7 Å². The van der Waals surface area contributed by atoms with Crippen LogP contribution in [0, 0.1) is 6.92 Å². The van der Waals surface area contributed by atoms with E-state index in [1.54, 1.807) is 19.5 Å². The van der Waals surface area contributed by atoms with Crippen LogP contribution in [-0.2, 0) is 4.79 Å². The molecule has 1 amide bonds. The van der Waals surface area contributed by atoms with Crippen LogP contribution in [0.5, 0.6) is 5.75 Å². The van der Waals surface area contributed by atoms with Crippen molar-refractivity contribution in [3.63, 3.8) is 0 Å². The second kappa shape index (κ2) is 8.89. The van der Waals surface area contributed by atoms with E-state index in [1.807, 2.05) is 25.1 Å². The molecule has 1 saturated heterocycles. The third kappa shape index (κ3) is 4.66. The number of ether oxygens (including phenoxy) is 1. The number of amides is 1. The number of nitrogens with zero attached hydrogens (tertiary/aromatic N) is 3. The summed E-state index contributed by atoms with van der Waals surface area (Å²) in [4.78, 5) is 23.6. The van der Waals surface area contributed by atoms with Gasteiger partial charge in [-0.2, -0.15) is 0 Å². The minimum atomic E-state index is -0.0888. The van der Waals surface area contributed by atoms with Crippen molar-refractivity contribution in [2.24, 2.45) is 0 Å². The summed E-state index contributed by atoms with van der Waals surface area (Å²) in [5.74, 6) is 1.73. The predicted molar refractivity (Wildman–Crippen MR) is 105 cm³/mol. The van der Waals surface area contributed by atoms with E-state index in [0.717, 1.165) is 29.5 Å². The first kappa shape index (κ1) is 18.5. The van der Waals surface area contributed by atoms with Gasteiger partial charge in [0.25, 0.3) is 0 Å². The molecule has 1 aliphatic heterocycles. The predicted octanol–water partition coefficient (Wildman–Crippen LogP) is 3.51. The second-order valence-electron chi connectivity index (χ2n) is 6.27. The van der Waals surface area contributed by atoms with Crippen molar-refractivity contribution in [3.05, 3.63) is 36.2 Å². The Kier molecular flexibility index (Phi) is 6.33. The molecule has 2 aromatic rings. The summed E-state index contributed by atoms with van der Waals surface area (Å²) in [6.07, 6.45) is 7.01. The average Bonchev–Trinajstić information content (AvgIpc) is 2.67. The lowest BCUT2D eigenvalue weighted by Gasteiger charge is -2.28. The van der Waals surface area contributed by atoms with Crippen LogP contribution in [-0.4, -0.2) is 41.8 Å². The number of piperidine rings is 1. The number of carbonyl (C=O) groups is 1. The van der Waals surface area contributed by atoms with Crippen LogP contribution in [0.25, 0.3) is 0 Å². The van der Waals surface area contributed by atoms with Crippen LogP contribution < -0.4 is 15.0 Å². The highest BCUT2D eigenvalue weighted by atomic mass is 32.2. The van der Waals surface area contributed by atoms with Gasteiger partial charge in [0.05, 0.1) is 18.6 Å². The topological polar surface area (TPSA) is 67.3 Å². The zero-order valence-electron chi connectivity index (χ0n) is 15.2. The molecule has 1 aromatic carbocycles. The van der Waals surface area contributed by atoms with Crippen molar-refractivity contribution < 1.29 is 9.53 Å². The lowest BCUT2D eigenvalue weighted by atomic mass is 10.1. The van der Waals surface area contributed by atoms with Gasteiger partial charge in [0.1, 0.15) is 10.8 Å². The Morgan fingerprint density at radius 3 is 2.77 bits per heavy atom. The monoisotopic (exact) mass is 372 g/mol. The highest BCUT2D eigenvalue weighted by molar-refractivity contribution is 8.00. The van der Waals surface area contributed by atoms with Crippen LogP contribution >= 0.6 is 11.8 Å². The molecule has 0 aliphatic carbocycles. The molecule has 1 fully saturated rings. The van der Waals surface area contributed by atoms with Crippen molar-refractivity contribution in [2.75, 3.05) is 36.2 Å². The molecule has 26 heavy (non-hydrogen) atoms. The van der Waals surface area contributed by atoms with E-state index in [1.165, 1.54) is 31.0 Å². The number of rotatable bonds is 6. The molecule has 0 atom stereocenters. The Balaban J connectivity index is 1.64. The second-order valence-corrected chi connectivity index (χ2v) is 7.24. The minimum absolute atomic E-state index is 0.0888. The molecule has 0 unspecified atom stereocenters. The molecular weight excluding hydrogens is 348 g/mol. The van der Waals surface area contributed by atoms with Crippen LogP contribution in [0.4, 0.5) is 11.5 Å². The maximum Gasteiger partial charge on any atom is 0.234 e. The zero-order chi connectivity index (χ0) is 18.4. The summed E-state index contributed by atoms with van der Waals surface area (Å²) >= 11 is 1.42. The molecule has 2 heterocycles. The molecular formula is C19H24N4O2S. The molecule has 3 rings (SSSR count). The summed E-state index contributed by atoms with van der Waals surface area (Å²) in [7, 11) is 1.60. The van der Waals surface area contributed by atoms with Crippen molar-refractivity contribution in [3.8, 4) is 5.75 Å². The number of benzene rings is 1. The Labute approximate surface area is 158 Å². The molecule has 0 spiro atoms. The maximum atomic E-state index is 12.4. The van der Waals surface area contributed by atoms with Gasteiger partial charge < -0.3 is 15.0 Å². The first-order valence-corrected chi connectivity index (χ1v) is 9.79. The van der Waals surface area contributed by atoms with Crippen molar-refractivity contribution >= 4 is 29.2 Å². The van der Waals surface area contributed by atoms with Gasteiger partial charge in [0.15, 0.2) is 5.82 Å². The maximum absolute atomic E-state index is 12.4. The van der Waals surface area contributed by atoms with Gasteiger partial charge in [-0.3, -0.25) is 4.79 Å². The normalized spacial score (nSPS) is 14.2. The van der Waals surface area contributed by atoms with Gasteiger partial charge in [-0.1, -0.05) is 17.8 Å². The average molecular weight is 372 g/mol. The fourth-order valence-corrected chi connectivity index (χ4v) is 3.77. The summed E-state index contributed by atoms with van der Waals surface area (Å²) < 4.78 is 5.31. The van der Waals surface area contributed by atoms with Gasteiger partial charge >= 0.3 is 0 Å². The lowest BCUT2D eigenvalue weighted by molar-refractivity contribution is -0.113. The number of aromatic nitrogens is 2. The fraction of sp³-hybridized carbons (Fsp3) is 0.421. The van der Waals surface area contributed by atoms with Gasteiger partial charge in [-0.15, -0.1) is 0 Å². The largest absolute Gasteiger partial charge is 0.495 e. The smallest absolute Gasteiger partial charge is 0.234 e. The molecule has 0 bridgehead atoms. The van der Waals surface area contributed by atoms with Crippen molar-refractivity contribution in [1.82, 2.24) is 9.97 Å². The highest BCUT2D eigenvalue weighted by Crippen LogP contribution is 2.29. The van der Waals surface area contributed by atoms with E-state index in [4.69, 9.17) is 4.74 Å². The standard InChI is InChI=1S/C19H24N4O2S/c1-14-6-7-16(25-2)15(12-14)22-17(24)13-26-19-18(20-8-9-21-19)23-10-4-3-5-11-23/h6-9,12H,3-5,10-11,13H2,1-2H3,(H,22,24). The number of anilines is 2. The molecule has 138 valence electrons. The highest BCUT2D eigenvalue weighted by Gasteiger charge is 2.18. The summed E-state index contributed by atoms with van der Waals surface area (Å²) in [5, 5.41) is 3.73. The Bertz CT molecular complexity index is 763. The number of carbonyl (C=O) groups excluding carboxylic acids is 1. The first-order chi connectivity index (χ1) is 12.7. The summed E-state index contributed by atoms with van der Waals surface area (Å²) in [5.41, 5.74) is 1.75. The molecule has 0 radical (unpaired) electrons. The third-order valence-electron chi connectivity index (χ3n) is 4.27. The third-order valence-corrected chi connectivity index (χ3v) is 5.24. The van der Waals surface area contributed by atoms with Crippen molar-refractivity contribution in [2.45, 2.75) is 31.2 Å². The Morgan fingerprint density at radius 2 is 2.00 bits per heavy atom. The molecule has 1 aliphatic rings. The van der Waals surface area contributed by atoms with E-state index < -0.39 is 0 Å². The number of methoxy groups -OCH3 is 1. The minimum Gasteiger partial charge on any atom is -0.495 e. The van der Waals surface area contributed by atoms with E-state index in [9.17, 15) is 4.79 Å².